The summed E-state index contributed by atoms with van der Waals surface area (Å²) >= 11 is 0. The van der Waals surface area contributed by atoms with E-state index in [1.54, 1.807) is 6.07 Å². The molecule has 23 heavy (non-hydrogen) atoms. The Morgan fingerprint density at radius 3 is 2.74 bits per heavy atom. The third-order valence-corrected chi connectivity index (χ3v) is 3.65. The zero-order valence-corrected chi connectivity index (χ0v) is 13.2. The van der Waals surface area contributed by atoms with Gasteiger partial charge in [-0.3, -0.25) is 0 Å². The Labute approximate surface area is 133 Å². The summed E-state index contributed by atoms with van der Waals surface area (Å²) in [5.74, 6) is 0.306. The minimum Gasteiger partial charge on any atom is -0.403 e. The van der Waals surface area contributed by atoms with Crippen LogP contribution in [0.25, 0.3) is 23.1 Å². The second-order valence-electron chi connectivity index (χ2n) is 5.40. The van der Waals surface area contributed by atoms with Crippen LogP contribution in [-0.2, 0) is 0 Å². The van der Waals surface area contributed by atoms with Crippen LogP contribution in [0.15, 0.2) is 63.8 Å². The van der Waals surface area contributed by atoms with Gasteiger partial charge in [0.25, 0.3) is 0 Å². The molecular formula is C20H17NO2. The van der Waals surface area contributed by atoms with Gasteiger partial charge >= 0.3 is 5.63 Å². The van der Waals surface area contributed by atoms with Crippen molar-refractivity contribution in [2.24, 2.45) is 0 Å². The fraction of sp³-hybridized carbons (Fsp3) is 0.100. The molecule has 0 N–H and O–H groups in total. The molecule has 0 radical (unpaired) electrons. The molecule has 0 atom stereocenters. The maximum absolute atomic E-state index is 12.3. The van der Waals surface area contributed by atoms with Crippen molar-refractivity contribution in [3.05, 3.63) is 86.9 Å². The van der Waals surface area contributed by atoms with Crippen LogP contribution >= 0.6 is 0 Å². The molecule has 3 nitrogen and oxygen atoms in total. The van der Waals surface area contributed by atoms with Gasteiger partial charge in [0.1, 0.15) is 0 Å². The van der Waals surface area contributed by atoms with Crippen LogP contribution in [0.1, 0.15) is 18.4 Å². The van der Waals surface area contributed by atoms with E-state index in [1.807, 2.05) is 62.4 Å². The lowest BCUT2D eigenvalue weighted by Crippen LogP contribution is -2.25. The smallest absolute Gasteiger partial charge is 0.347 e. The molecule has 0 aliphatic carbocycles. The lowest BCUT2D eigenvalue weighted by atomic mass is 10.1. The minimum atomic E-state index is -0.378. The van der Waals surface area contributed by atoms with E-state index < -0.39 is 0 Å². The van der Waals surface area contributed by atoms with E-state index in [1.165, 1.54) is 0 Å². The van der Waals surface area contributed by atoms with Crippen molar-refractivity contribution in [2.75, 3.05) is 0 Å². The monoisotopic (exact) mass is 303 g/mol. The lowest BCUT2D eigenvalue weighted by molar-refractivity contribution is 0.487. The third kappa shape index (κ3) is 2.86. The molecule has 1 heterocycles. The van der Waals surface area contributed by atoms with Crippen molar-refractivity contribution >= 4 is 23.1 Å². The topological polar surface area (TPSA) is 43.1 Å². The highest BCUT2D eigenvalue weighted by Gasteiger charge is 2.10. The van der Waals surface area contributed by atoms with Gasteiger partial charge in [-0.25, -0.2) is 9.78 Å². The molecule has 0 saturated heterocycles. The summed E-state index contributed by atoms with van der Waals surface area (Å²) in [5, 5.41) is 2.25. The van der Waals surface area contributed by atoms with Crippen molar-refractivity contribution < 1.29 is 4.42 Å². The van der Waals surface area contributed by atoms with Crippen molar-refractivity contribution in [3.8, 4) is 0 Å². The van der Waals surface area contributed by atoms with E-state index in [9.17, 15) is 4.79 Å². The van der Waals surface area contributed by atoms with Gasteiger partial charge in [-0.15, -0.1) is 0 Å². The van der Waals surface area contributed by atoms with E-state index in [2.05, 4.69) is 11.6 Å². The molecule has 0 unspecified atom stereocenters. The number of hydrogen-bond acceptors (Lipinski definition) is 3. The van der Waals surface area contributed by atoms with E-state index >= 15 is 0 Å². The summed E-state index contributed by atoms with van der Waals surface area (Å²) in [7, 11) is 0. The lowest BCUT2D eigenvalue weighted by Gasteiger charge is -2.04. The highest BCUT2D eigenvalue weighted by Crippen LogP contribution is 2.15. The molecule has 2 aromatic carbocycles. The maximum atomic E-state index is 12.3. The molecule has 3 rings (SSSR count). The van der Waals surface area contributed by atoms with Gasteiger partial charge < -0.3 is 4.42 Å². The van der Waals surface area contributed by atoms with Crippen LogP contribution in [0.4, 0.5) is 0 Å². The number of fused-ring (bicyclic) bond motifs is 1. The summed E-state index contributed by atoms with van der Waals surface area (Å²) in [6.07, 6.45) is 3.78. The average molecular weight is 303 g/mol. The van der Waals surface area contributed by atoms with Gasteiger partial charge in [0.2, 0.25) is 5.89 Å². The standard InChI is InChI=1S/C20H17NO2/c1-4-7-16(15-9-6-5-8-14(15)3)19-21-18-11-10-13(2)12-17(18)20(22)23-19/h4-12H,3H2,1-2H3/b7-4-,16-15+. The first-order chi connectivity index (χ1) is 11.1. The molecule has 0 spiro atoms. The molecule has 0 bridgehead atoms. The molecule has 0 amide bonds. The van der Waals surface area contributed by atoms with Crippen LogP contribution in [0.5, 0.6) is 0 Å². The number of allylic oxidation sites excluding steroid dienone is 2. The Morgan fingerprint density at radius 2 is 2.00 bits per heavy atom. The quantitative estimate of drug-likeness (QED) is 0.731. The number of rotatable bonds is 2. The molecule has 0 aliphatic heterocycles. The Kier molecular flexibility index (Phi) is 3.94. The first-order valence-corrected chi connectivity index (χ1v) is 7.43. The number of benzene rings is 2. The second-order valence-corrected chi connectivity index (χ2v) is 5.40. The fourth-order valence-electron chi connectivity index (χ4n) is 2.53. The minimum absolute atomic E-state index is 0.306. The highest BCUT2D eigenvalue weighted by molar-refractivity contribution is 5.80. The first kappa shape index (κ1) is 15.0. The summed E-state index contributed by atoms with van der Waals surface area (Å²) in [6.45, 7) is 7.89. The van der Waals surface area contributed by atoms with Crippen molar-refractivity contribution in [3.63, 3.8) is 0 Å². The zero-order valence-electron chi connectivity index (χ0n) is 13.2. The van der Waals surface area contributed by atoms with Crippen LogP contribution in [0.2, 0.25) is 0 Å². The van der Waals surface area contributed by atoms with E-state index in [-0.39, 0.29) is 5.63 Å². The molecule has 3 heteroatoms. The molecule has 3 aromatic rings. The Bertz CT molecular complexity index is 1070. The molecular weight excluding hydrogens is 286 g/mol. The van der Waals surface area contributed by atoms with Crippen molar-refractivity contribution in [2.45, 2.75) is 13.8 Å². The predicted octanol–water partition coefficient (Wildman–Crippen LogP) is 2.68. The van der Waals surface area contributed by atoms with E-state index in [0.29, 0.717) is 16.8 Å². The number of nitrogens with zero attached hydrogens (tertiary/aromatic N) is 1. The van der Waals surface area contributed by atoms with Gasteiger partial charge in [0.15, 0.2) is 0 Å². The first-order valence-electron chi connectivity index (χ1n) is 7.43. The van der Waals surface area contributed by atoms with Gasteiger partial charge in [-0.1, -0.05) is 54.6 Å². The normalized spacial score (nSPS) is 12.8. The summed E-state index contributed by atoms with van der Waals surface area (Å²) in [5.41, 5.74) is 2.00. The molecule has 114 valence electrons. The van der Waals surface area contributed by atoms with Gasteiger partial charge in [0, 0.05) is 5.57 Å². The van der Waals surface area contributed by atoms with Crippen molar-refractivity contribution in [1.82, 2.24) is 4.98 Å². The second kappa shape index (κ2) is 6.05. The molecule has 0 aliphatic rings. The van der Waals surface area contributed by atoms with Gasteiger partial charge in [-0.2, -0.15) is 0 Å². The Hall–Kier alpha value is -2.94. The summed E-state index contributed by atoms with van der Waals surface area (Å²) in [4.78, 5) is 16.8. The van der Waals surface area contributed by atoms with Gasteiger partial charge in [-0.05, 0) is 36.4 Å². The van der Waals surface area contributed by atoms with E-state index in [0.717, 1.165) is 21.6 Å². The highest BCUT2D eigenvalue weighted by atomic mass is 16.4. The number of hydrogen-bond donors (Lipinski definition) is 0. The molecule has 1 aromatic heterocycles. The summed E-state index contributed by atoms with van der Waals surface area (Å²) < 4.78 is 5.49. The molecule has 0 saturated carbocycles. The Balaban J connectivity index is 2.40. The van der Waals surface area contributed by atoms with Crippen LogP contribution in [-0.4, -0.2) is 4.98 Å². The number of aryl methyl sites for hydroxylation is 1. The average Bonchev–Trinajstić information content (AvgIpc) is 2.54. The summed E-state index contributed by atoms with van der Waals surface area (Å²) in [6, 6.07) is 13.3. The SMILES string of the molecule is C=c1cccc/c1=C(/C=C\C)c1nc2ccc(C)cc2c(=O)o1. The third-order valence-electron chi connectivity index (χ3n) is 3.65. The van der Waals surface area contributed by atoms with E-state index in [4.69, 9.17) is 4.42 Å². The number of aromatic nitrogens is 1. The molecule has 0 fully saturated rings. The predicted molar refractivity (Wildman–Crippen MR) is 93.6 cm³/mol. The van der Waals surface area contributed by atoms with Crippen molar-refractivity contribution in [1.29, 1.82) is 0 Å². The Morgan fingerprint density at radius 1 is 1.22 bits per heavy atom. The maximum Gasteiger partial charge on any atom is 0.347 e. The van der Waals surface area contributed by atoms with Crippen LogP contribution in [0, 0.1) is 6.92 Å². The zero-order chi connectivity index (χ0) is 16.4. The van der Waals surface area contributed by atoms with Crippen LogP contribution < -0.4 is 16.1 Å². The van der Waals surface area contributed by atoms with Crippen LogP contribution in [0.3, 0.4) is 0 Å². The largest absolute Gasteiger partial charge is 0.403 e. The van der Waals surface area contributed by atoms with Gasteiger partial charge in [0.05, 0.1) is 10.9 Å². The fourth-order valence-corrected chi connectivity index (χ4v) is 2.53.